The van der Waals surface area contributed by atoms with Crippen molar-refractivity contribution in [1.82, 2.24) is 4.98 Å². The number of rotatable bonds is 4. The number of nitriles is 1. The number of thiophene rings is 1. The highest BCUT2D eigenvalue weighted by Gasteiger charge is 2.29. The molecule has 22 heavy (non-hydrogen) atoms. The average molecular weight is 330 g/mol. The largest absolute Gasteiger partial charge is 0.292 e. The van der Waals surface area contributed by atoms with Gasteiger partial charge in [0.05, 0.1) is 11.8 Å². The molecule has 0 bridgehead atoms. The highest BCUT2D eigenvalue weighted by Crippen LogP contribution is 2.34. The van der Waals surface area contributed by atoms with Crippen molar-refractivity contribution in [3.05, 3.63) is 37.0 Å². The number of fused-ring (bicyclic) bond motifs is 1. The molecule has 5 heteroatoms. The quantitative estimate of drug-likeness (QED) is 0.779. The second-order valence-corrected chi connectivity index (χ2v) is 7.79. The average Bonchev–Trinajstić information content (AvgIpc) is 3.11. The van der Waals surface area contributed by atoms with Crippen molar-refractivity contribution < 1.29 is 4.79 Å². The number of aryl methyl sites for hydroxylation is 3. The third kappa shape index (κ3) is 2.62. The van der Waals surface area contributed by atoms with Crippen LogP contribution in [0.5, 0.6) is 0 Å². The lowest BCUT2D eigenvalue weighted by atomic mass is 9.91. The first-order chi connectivity index (χ1) is 10.7. The molecule has 3 rings (SSSR count). The van der Waals surface area contributed by atoms with Gasteiger partial charge in [0.1, 0.15) is 5.01 Å². The number of thiazole rings is 1. The van der Waals surface area contributed by atoms with Crippen molar-refractivity contribution in [3.8, 4) is 6.07 Å². The molecule has 1 aliphatic rings. The van der Waals surface area contributed by atoms with E-state index in [1.807, 2.05) is 19.2 Å². The molecule has 3 nitrogen and oxygen atoms in total. The van der Waals surface area contributed by atoms with Crippen LogP contribution in [-0.2, 0) is 19.3 Å². The monoisotopic (exact) mass is 330 g/mol. The molecule has 0 saturated heterocycles. The first-order valence-electron chi connectivity index (χ1n) is 7.65. The van der Waals surface area contributed by atoms with Crippen molar-refractivity contribution in [2.24, 2.45) is 0 Å². The number of ketones is 1. The molecule has 0 unspecified atom stereocenters. The van der Waals surface area contributed by atoms with Gasteiger partial charge in [-0.1, -0.05) is 6.92 Å². The van der Waals surface area contributed by atoms with Gasteiger partial charge in [-0.05, 0) is 44.6 Å². The van der Waals surface area contributed by atoms with Crippen molar-refractivity contribution in [1.29, 1.82) is 5.26 Å². The van der Waals surface area contributed by atoms with E-state index in [2.05, 4.69) is 11.1 Å². The van der Waals surface area contributed by atoms with Gasteiger partial charge in [0.25, 0.3) is 0 Å². The molecule has 2 aromatic heterocycles. The standard InChI is InChI=1S/C17H18N2OS2/c1-3-14-10(2)22-17(19-14)12(8-18)16(20)13-9-21-15-7-5-4-6-11(13)15/h9,12H,3-7H2,1-2H3/t12-/m0/s1. The van der Waals surface area contributed by atoms with Crippen LogP contribution >= 0.6 is 22.7 Å². The van der Waals surface area contributed by atoms with Gasteiger partial charge < -0.3 is 0 Å². The van der Waals surface area contributed by atoms with E-state index in [1.165, 1.54) is 28.2 Å². The number of aromatic nitrogens is 1. The Morgan fingerprint density at radius 3 is 2.91 bits per heavy atom. The lowest BCUT2D eigenvalue weighted by Crippen LogP contribution is -2.13. The van der Waals surface area contributed by atoms with Crippen LogP contribution in [0.2, 0.25) is 0 Å². The Balaban J connectivity index is 1.95. The number of hydrogen-bond donors (Lipinski definition) is 0. The zero-order valence-electron chi connectivity index (χ0n) is 12.8. The summed E-state index contributed by atoms with van der Waals surface area (Å²) in [5.41, 5.74) is 2.95. The maximum absolute atomic E-state index is 12.9. The molecule has 1 aliphatic carbocycles. The second-order valence-electron chi connectivity index (χ2n) is 5.59. The van der Waals surface area contributed by atoms with Gasteiger partial charge in [0.15, 0.2) is 11.7 Å². The minimum absolute atomic E-state index is 0.0710. The molecule has 0 amide bonds. The van der Waals surface area contributed by atoms with Crippen molar-refractivity contribution in [3.63, 3.8) is 0 Å². The first-order valence-corrected chi connectivity index (χ1v) is 9.34. The summed E-state index contributed by atoms with van der Waals surface area (Å²) < 4.78 is 0. The Hall–Kier alpha value is -1.51. The SMILES string of the molecule is CCc1nc([C@@H](C#N)C(=O)c2csc3c2CCCC3)sc1C. The summed E-state index contributed by atoms with van der Waals surface area (Å²) in [7, 11) is 0. The van der Waals surface area contributed by atoms with Crippen LogP contribution < -0.4 is 0 Å². The van der Waals surface area contributed by atoms with E-state index in [1.54, 1.807) is 11.3 Å². The molecule has 2 aromatic rings. The van der Waals surface area contributed by atoms with Gasteiger partial charge in [-0.15, -0.1) is 22.7 Å². The molecule has 0 radical (unpaired) electrons. The van der Waals surface area contributed by atoms with Gasteiger partial charge in [-0.2, -0.15) is 5.26 Å². The predicted molar refractivity (Wildman–Crippen MR) is 89.9 cm³/mol. The van der Waals surface area contributed by atoms with Crippen molar-refractivity contribution in [2.45, 2.75) is 51.9 Å². The first kappa shape index (κ1) is 15.4. The molecule has 114 valence electrons. The Kier molecular flexibility index (Phi) is 4.42. The summed E-state index contributed by atoms with van der Waals surface area (Å²) in [5, 5.41) is 12.1. The number of carbonyl (C=O) groups excluding carboxylic acids is 1. The van der Waals surface area contributed by atoms with E-state index in [0.29, 0.717) is 5.01 Å². The summed E-state index contributed by atoms with van der Waals surface area (Å²) in [5.74, 6) is -0.831. The lowest BCUT2D eigenvalue weighted by molar-refractivity contribution is 0.0978. The molecule has 0 fully saturated rings. The molecular formula is C17H18N2OS2. The number of Topliss-reactive ketones (excluding diaryl/α,β-unsaturated/α-hetero) is 1. The lowest BCUT2D eigenvalue weighted by Gasteiger charge is -2.13. The third-order valence-electron chi connectivity index (χ3n) is 4.21. The molecule has 0 saturated carbocycles. The van der Waals surface area contributed by atoms with E-state index >= 15 is 0 Å². The van der Waals surface area contributed by atoms with Gasteiger partial charge in [-0.25, -0.2) is 4.98 Å². The Morgan fingerprint density at radius 2 is 2.23 bits per heavy atom. The van der Waals surface area contributed by atoms with Crippen LogP contribution in [0.15, 0.2) is 5.38 Å². The fourth-order valence-corrected chi connectivity index (χ4v) is 5.17. The fourth-order valence-electron chi connectivity index (χ4n) is 2.98. The normalized spacial score (nSPS) is 15.1. The summed E-state index contributed by atoms with van der Waals surface area (Å²) in [4.78, 5) is 19.8. The highest BCUT2D eigenvalue weighted by molar-refractivity contribution is 7.12. The molecule has 1 atom stereocenters. The third-order valence-corrected chi connectivity index (χ3v) is 6.38. The smallest absolute Gasteiger partial charge is 0.188 e. The Labute approximate surface area is 138 Å². The maximum Gasteiger partial charge on any atom is 0.188 e. The highest BCUT2D eigenvalue weighted by atomic mass is 32.1. The van der Waals surface area contributed by atoms with Gasteiger partial charge in [0, 0.05) is 20.7 Å². The van der Waals surface area contributed by atoms with Crippen LogP contribution in [0.4, 0.5) is 0 Å². The zero-order chi connectivity index (χ0) is 15.7. The minimum Gasteiger partial charge on any atom is -0.292 e. The van der Waals surface area contributed by atoms with Crippen LogP contribution in [0.1, 0.15) is 62.1 Å². The summed E-state index contributed by atoms with van der Waals surface area (Å²) in [6.07, 6.45) is 5.21. The van der Waals surface area contributed by atoms with Crippen molar-refractivity contribution >= 4 is 28.5 Å². The topological polar surface area (TPSA) is 53.8 Å². The van der Waals surface area contributed by atoms with Crippen LogP contribution in [0.25, 0.3) is 0 Å². The molecule has 0 aliphatic heterocycles. The van der Waals surface area contributed by atoms with Gasteiger partial charge >= 0.3 is 0 Å². The van der Waals surface area contributed by atoms with E-state index in [0.717, 1.165) is 41.8 Å². The van der Waals surface area contributed by atoms with Crippen LogP contribution in [0.3, 0.4) is 0 Å². The van der Waals surface area contributed by atoms with Gasteiger partial charge in [-0.3, -0.25) is 4.79 Å². The molecule has 2 heterocycles. The summed E-state index contributed by atoms with van der Waals surface area (Å²) in [6.45, 7) is 4.05. The molecule has 0 aromatic carbocycles. The summed E-state index contributed by atoms with van der Waals surface area (Å²) in [6, 6.07) is 2.18. The van der Waals surface area contributed by atoms with Crippen LogP contribution in [0, 0.1) is 18.3 Å². The maximum atomic E-state index is 12.9. The molecule has 0 N–H and O–H groups in total. The van der Waals surface area contributed by atoms with E-state index < -0.39 is 5.92 Å². The van der Waals surface area contributed by atoms with E-state index in [9.17, 15) is 10.1 Å². The predicted octanol–water partition coefficient (Wildman–Crippen LogP) is 4.44. The Morgan fingerprint density at radius 1 is 1.45 bits per heavy atom. The molecular weight excluding hydrogens is 312 g/mol. The van der Waals surface area contributed by atoms with Gasteiger partial charge in [0.2, 0.25) is 0 Å². The molecule has 0 spiro atoms. The van der Waals surface area contributed by atoms with E-state index in [4.69, 9.17) is 0 Å². The van der Waals surface area contributed by atoms with Crippen LogP contribution in [-0.4, -0.2) is 10.8 Å². The zero-order valence-corrected chi connectivity index (χ0v) is 14.4. The second kappa shape index (κ2) is 6.31. The fraction of sp³-hybridized carbons (Fsp3) is 0.471. The number of hydrogen-bond acceptors (Lipinski definition) is 5. The van der Waals surface area contributed by atoms with E-state index in [-0.39, 0.29) is 5.78 Å². The minimum atomic E-state index is -0.760. The number of nitrogens with zero attached hydrogens (tertiary/aromatic N) is 2. The van der Waals surface area contributed by atoms with Crippen molar-refractivity contribution in [2.75, 3.05) is 0 Å². The summed E-state index contributed by atoms with van der Waals surface area (Å²) >= 11 is 3.15. The Bertz CT molecular complexity index is 751. The number of carbonyl (C=O) groups is 1.